The zero-order valence-corrected chi connectivity index (χ0v) is 19.1. The molecule has 35 heavy (non-hydrogen) atoms. The first kappa shape index (κ1) is 23.7. The highest BCUT2D eigenvalue weighted by molar-refractivity contribution is 5.92. The highest BCUT2D eigenvalue weighted by atomic mass is 19.1. The van der Waals surface area contributed by atoms with Crippen LogP contribution in [0.3, 0.4) is 0 Å². The molecule has 1 saturated carbocycles. The molecule has 0 radical (unpaired) electrons. The number of fused-ring (bicyclic) bond motifs is 1. The summed E-state index contributed by atoms with van der Waals surface area (Å²) in [6.07, 6.45) is 2.86. The van der Waals surface area contributed by atoms with E-state index in [4.69, 9.17) is 9.84 Å². The molecule has 186 valence electrons. The van der Waals surface area contributed by atoms with E-state index < -0.39 is 11.6 Å². The molecule has 2 heterocycles. The number of aliphatic hydroxyl groups excluding tert-OH is 1. The number of rotatable bonds is 7. The predicted octanol–water partition coefficient (Wildman–Crippen LogP) is 4.58. The van der Waals surface area contributed by atoms with Crippen LogP contribution in [0.2, 0.25) is 0 Å². The van der Waals surface area contributed by atoms with Crippen LogP contribution in [-0.2, 0) is 4.74 Å². The lowest BCUT2D eigenvalue weighted by Gasteiger charge is -2.36. The Morgan fingerprint density at radius 1 is 1.00 bits per heavy atom. The van der Waals surface area contributed by atoms with Gasteiger partial charge in [-0.3, -0.25) is 0 Å². The van der Waals surface area contributed by atoms with Gasteiger partial charge in [0.2, 0.25) is 0 Å². The van der Waals surface area contributed by atoms with E-state index in [2.05, 4.69) is 15.6 Å². The maximum atomic E-state index is 14.5. The molecule has 0 spiro atoms. The van der Waals surface area contributed by atoms with Crippen molar-refractivity contribution in [3.05, 3.63) is 59.4 Å². The molecule has 4 N–H and O–H groups in total. The largest absolute Gasteiger partial charge is 0.394 e. The van der Waals surface area contributed by atoms with Gasteiger partial charge in [-0.1, -0.05) is 0 Å². The maximum Gasteiger partial charge on any atom is 0.314 e. The van der Waals surface area contributed by atoms with Crippen LogP contribution in [0, 0.1) is 23.4 Å². The number of hydrogen-bond donors (Lipinski definition) is 4. The fraction of sp³-hybridized carbons (Fsp3) is 0.423. The quantitative estimate of drug-likeness (QED) is 0.393. The Hall–Kier alpha value is -3.04. The minimum atomic E-state index is -0.666. The number of aromatic nitrogens is 1. The monoisotopic (exact) mass is 487 g/mol. The summed E-state index contributed by atoms with van der Waals surface area (Å²) < 4.78 is 47.6. The molecule has 1 saturated heterocycles. The molecule has 1 aliphatic carbocycles. The normalized spacial score (nSPS) is 23.9. The van der Waals surface area contributed by atoms with Crippen molar-refractivity contribution in [1.29, 1.82) is 0 Å². The highest BCUT2D eigenvalue weighted by Gasteiger charge is 2.35. The van der Waals surface area contributed by atoms with Gasteiger partial charge in [-0.15, -0.1) is 0 Å². The molecule has 2 atom stereocenters. The minimum Gasteiger partial charge on any atom is -0.394 e. The van der Waals surface area contributed by atoms with E-state index >= 15 is 0 Å². The van der Waals surface area contributed by atoms with Crippen LogP contribution >= 0.6 is 0 Å². The summed E-state index contributed by atoms with van der Waals surface area (Å²) in [6, 6.07) is 7.84. The van der Waals surface area contributed by atoms with E-state index in [1.54, 1.807) is 12.1 Å². The fourth-order valence-electron chi connectivity index (χ4n) is 5.22. The summed E-state index contributed by atoms with van der Waals surface area (Å²) in [4.78, 5) is 15.3. The van der Waals surface area contributed by atoms with Crippen molar-refractivity contribution in [3.63, 3.8) is 0 Å². The topological polar surface area (TPSA) is 86.4 Å². The van der Waals surface area contributed by atoms with E-state index in [1.807, 2.05) is 0 Å². The van der Waals surface area contributed by atoms with Gasteiger partial charge < -0.3 is 25.5 Å². The first-order chi connectivity index (χ1) is 16.9. The van der Waals surface area contributed by atoms with E-state index in [0.29, 0.717) is 29.7 Å². The Morgan fingerprint density at radius 3 is 2.43 bits per heavy atom. The Morgan fingerprint density at radius 2 is 1.71 bits per heavy atom. The van der Waals surface area contributed by atoms with Crippen molar-refractivity contribution in [2.45, 2.75) is 43.8 Å². The van der Waals surface area contributed by atoms with E-state index in [9.17, 15) is 18.0 Å². The molecule has 1 aromatic heterocycles. The third kappa shape index (κ3) is 5.01. The zero-order valence-electron chi connectivity index (χ0n) is 19.1. The van der Waals surface area contributed by atoms with Gasteiger partial charge in [0.15, 0.2) is 0 Å². The second-order valence-electron chi connectivity index (χ2n) is 9.50. The summed E-state index contributed by atoms with van der Waals surface area (Å²) in [5.41, 5.74) is 2.43. The predicted molar refractivity (Wildman–Crippen MR) is 125 cm³/mol. The molecule has 9 heteroatoms. The Balaban J connectivity index is 1.23. The highest BCUT2D eigenvalue weighted by Crippen LogP contribution is 2.48. The number of amides is 2. The van der Waals surface area contributed by atoms with E-state index in [1.165, 1.54) is 18.2 Å². The minimum absolute atomic E-state index is 0.00979. The second-order valence-corrected chi connectivity index (χ2v) is 9.50. The first-order valence-electron chi connectivity index (χ1n) is 12.0. The number of hydrogen-bond acceptors (Lipinski definition) is 3. The summed E-state index contributed by atoms with van der Waals surface area (Å²) in [5, 5.41) is 15.3. The van der Waals surface area contributed by atoms with Gasteiger partial charge in [0.05, 0.1) is 30.0 Å². The number of H-pyrrole nitrogens is 1. The van der Waals surface area contributed by atoms with Crippen molar-refractivity contribution in [3.8, 4) is 11.3 Å². The molecule has 2 fully saturated rings. The van der Waals surface area contributed by atoms with Gasteiger partial charge in [0.1, 0.15) is 17.5 Å². The number of carbonyl (C=O) groups is 1. The SMILES string of the molecule is O=C(NC[C@H]1CC[C@@H](CO)O1)NC[C@H]1C[C@H](c2c(-c3ccc(F)cc3)[nH]c3c(F)cc(F)cc32)C1. The lowest BCUT2D eigenvalue weighted by molar-refractivity contribution is 0.0134. The van der Waals surface area contributed by atoms with Crippen LogP contribution in [-0.4, -0.2) is 48.0 Å². The molecule has 3 aromatic rings. The Labute approximate surface area is 200 Å². The number of aromatic amines is 1. The van der Waals surface area contributed by atoms with Crippen molar-refractivity contribution in [1.82, 2.24) is 15.6 Å². The first-order valence-corrected chi connectivity index (χ1v) is 12.0. The van der Waals surface area contributed by atoms with Crippen molar-refractivity contribution >= 4 is 16.9 Å². The van der Waals surface area contributed by atoms with Gasteiger partial charge in [-0.2, -0.15) is 0 Å². The molecular weight excluding hydrogens is 459 g/mol. The smallest absolute Gasteiger partial charge is 0.314 e. The van der Waals surface area contributed by atoms with Gasteiger partial charge >= 0.3 is 6.03 Å². The van der Waals surface area contributed by atoms with Crippen LogP contribution < -0.4 is 10.6 Å². The number of carbonyl (C=O) groups excluding carboxylic acids is 1. The standard InChI is InChI=1S/C26H28F3N3O3/c27-17-3-1-15(2-4-17)24-23(21-9-18(28)10-22(29)25(21)32-24)16-7-14(8-16)11-30-26(34)31-12-19-5-6-20(13-33)35-19/h1-4,9-10,14,16,19-20,32-33H,5-8,11-13H2,(H2,30,31,34)/t14-,16-,19-,20+/m1/s1. The van der Waals surface area contributed by atoms with Crippen molar-refractivity contribution in [2.24, 2.45) is 5.92 Å². The third-order valence-corrected chi connectivity index (χ3v) is 7.08. The molecule has 2 amide bonds. The number of nitrogens with one attached hydrogen (secondary N) is 3. The number of urea groups is 1. The number of halogens is 3. The van der Waals surface area contributed by atoms with Crippen LogP contribution in [0.25, 0.3) is 22.2 Å². The average molecular weight is 488 g/mol. The summed E-state index contributed by atoms with van der Waals surface area (Å²) in [5.74, 6) is -1.39. The number of benzene rings is 2. The Kier molecular flexibility index (Phi) is 6.71. The third-order valence-electron chi connectivity index (χ3n) is 7.08. The average Bonchev–Trinajstić information content (AvgIpc) is 3.42. The molecule has 2 aromatic carbocycles. The fourth-order valence-corrected chi connectivity index (χ4v) is 5.22. The lowest BCUT2D eigenvalue weighted by atomic mass is 9.70. The van der Waals surface area contributed by atoms with Crippen LogP contribution in [0.15, 0.2) is 36.4 Å². The van der Waals surface area contributed by atoms with Gasteiger partial charge in [-0.25, -0.2) is 18.0 Å². The van der Waals surface area contributed by atoms with Crippen LogP contribution in [0.5, 0.6) is 0 Å². The molecule has 0 bridgehead atoms. The van der Waals surface area contributed by atoms with E-state index in [-0.39, 0.29) is 48.0 Å². The van der Waals surface area contributed by atoms with Crippen LogP contribution in [0.4, 0.5) is 18.0 Å². The van der Waals surface area contributed by atoms with Crippen molar-refractivity contribution in [2.75, 3.05) is 19.7 Å². The summed E-state index contributed by atoms with van der Waals surface area (Å²) in [6.45, 7) is 0.872. The van der Waals surface area contributed by atoms with Crippen molar-refractivity contribution < 1.29 is 27.8 Å². The number of aliphatic hydroxyl groups is 1. The summed E-state index contributed by atoms with van der Waals surface area (Å²) in [7, 11) is 0. The second kappa shape index (κ2) is 9.91. The lowest BCUT2D eigenvalue weighted by Crippen LogP contribution is -2.43. The van der Waals surface area contributed by atoms with Crippen LogP contribution in [0.1, 0.15) is 37.2 Å². The Bertz CT molecular complexity index is 1210. The zero-order chi connectivity index (χ0) is 24.5. The summed E-state index contributed by atoms with van der Waals surface area (Å²) >= 11 is 0. The number of ether oxygens (including phenoxy) is 1. The molecular formula is C26H28F3N3O3. The molecule has 2 aliphatic rings. The van der Waals surface area contributed by atoms with Gasteiger partial charge in [0.25, 0.3) is 0 Å². The van der Waals surface area contributed by atoms with E-state index in [0.717, 1.165) is 37.3 Å². The maximum absolute atomic E-state index is 14.5. The van der Waals surface area contributed by atoms with Gasteiger partial charge in [-0.05, 0) is 79.0 Å². The molecule has 6 nitrogen and oxygen atoms in total. The molecule has 1 aliphatic heterocycles. The van der Waals surface area contributed by atoms with Gasteiger partial charge in [0, 0.05) is 24.5 Å². The molecule has 5 rings (SSSR count). The molecule has 0 unspecified atom stereocenters.